The molecule has 0 saturated carbocycles. The maximum atomic E-state index is 10.9. The molecule has 2 rings (SSSR count). The fraction of sp³-hybridized carbons (Fsp3) is 0.417. The first-order valence-electron chi connectivity index (χ1n) is 5.88. The molecule has 0 radical (unpaired) electrons. The summed E-state index contributed by atoms with van der Waals surface area (Å²) >= 11 is 3.29. The number of nitrogens with one attached hydrogen (secondary N) is 1. The van der Waals surface area contributed by atoms with Crippen molar-refractivity contribution in [2.45, 2.75) is 25.7 Å². The average Bonchev–Trinajstić information content (AvgIpc) is 2.84. The van der Waals surface area contributed by atoms with Gasteiger partial charge < -0.3 is 5.32 Å². The van der Waals surface area contributed by atoms with E-state index >= 15 is 0 Å². The van der Waals surface area contributed by atoms with E-state index in [2.05, 4.69) is 32.3 Å². The Labute approximate surface area is 114 Å². The lowest BCUT2D eigenvalue weighted by atomic mass is 10.1. The second-order valence-corrected chi connectivity index (χ2v) is 5.06. The van der Waals surface area contributed by atoms with Crippen LogP contribution in [0.1, 0.15) is 25.7 Å². The van der Waals surface area contributed by atoms with E-state index in [0.29, 0.717) is 16.7 Å². The number of pyridine rings is 1. The minimum absolute atomic E-state index is 0.00442. The molecule has 0 amide bonds. The molecular formula is C12H14BrN3O2. The molecule has 0 saturated heterocycles. The van der Waals surface area contributed by atoms with Gasteiger partial charge in [-0.2, -0.15) is 0 Å². The minimum atomic E-state index is -0.422. The Morgan fingerprint density at radius 3 is 3.00 bits per heavy atom. The molecule has 1 aliphatic rings. The predicted molar refractivity (Wildman–Crippen MR) is 73.6 cm³/mol. The number of aromatic nitrogens is 1. The maximum absolute atomic E-state index is 10.9. The van der Waals surface area contributed by atoms with E-state index in [1.165, 1.54) is 18.2 Å². The highest BCUT2D eigenvalue weighted by molar-refractivity contribution is 9.10. The number of nitro groups is 1. The van der Waals surface area contributed by atoms with Gasteiger partial charge in [-0.3, -0.25) is 15.1 Å². The first-order valence-corrected chi connectivity index (χ1v) is 6.67. The van der Waals surface area contributed by atoms with Crippen molar-refractivity contribution in [3.63, 3.8) is 0 Å². The van der Waals surface area contributed by atoms with Gasteiger partial charge in [-0.15, -0.1) is 0 Å². The van der Waals surface area contributed by atoms with Crippen molar-refractivity contribution in [2.24, 2.45) is 0 Å². The number of allylic oxidation sites excluding steroid dienone is 1. The van der Waals surface area contributed by atoms with Crippen molar-refractivity contribution in [1.82, 2.24) is 4.98 Å². The van der Waals surface area contributed by atoms with E-state index in [1.54, 1.807) is 6.20 Å². The quantitative estimate of drug-likeness (QED) is 0.512. The van der Waals surface area contributed by atoms with Gasteiger partial charge in [0.15, 0.2) is 0 Å². The monoisotopic (exact) mass is 311 g/mol. The Morgan fingerprint density at radius 1 is 1.50 bits per heavy atom. The zero-order valence-corrected chi connectivity index (χ0v) is 11.4. The molecule has 96 valence electrons. The molecule has 0 aromatic carbocycles. The van der Waals surface area contributed by atoms with Gasteiger partial charge in [0, 0.05) is 12.7 Å². The molecule has 1 heterocycles. The zero-order chi connectivity index (χ0) is 13.0. The second kappa shape index (κ2) is 5.95. The molecule has 1 aromatic rings. The number of hydrogen-bond acceptors (Lipinski definition) is 4. The third-order valence-electron chi connectivity index (χ3n) is 2.96. The summed E-state index contributed by atoms with van der Waals surface area (Å²) in [5.41, 5.74) is 1.95. The van der Waals surface area contributed by atoms with Crippen LogP contribution in [0.15, 0.2) is 28.5 Å². The molecule has 0 atom stereocenters. The van der Waals surface area contributed by atoms with Crippen molar-refractivity contribution >= 4 is 27.3 Å². The molecule has 0 unspecified atom stereocenters. The van der Waals surface area contributed by atoms with E-state index in [9.17, 15) is 10.1 Å². The van der Waals surface area contributed by atoms with Crippen LogP contribution in [-0.2, 0) is 0 Å². The van der Waals surface area contributed by atoms with E-state index in [-0.39, 0.29) is 5.69 Å². The molecule has 6 heteroatoms. The molecule has 1 N–H and O–H groups in total. The molecule has 0 aliphatic heterocycles. The fourth-order valence-electron chi connectivity index (χ4n) is 2.05. The lowest BCUT2D eigenvalue weighted by molar-refractivity contribution is -0.384. The molecule has 18 heavy (non-hydrogen) atoms. The van der Waals surface area contributed by atoms with Gasteiger partial charge in [-0.05, 0) is 41.6 Å². The average molecular weight is 312 g/mol. The topological polar surface area (TPSA) is 68.1 Å². The SMILES string of the molecule is O=[N+]([O-])c1cncc(Br)c1NCCC1=CCCC1. The first kappa shape index (κ1) is 13.0. The van der Waals surface area contributed by atoms with Crippen LogP contribution in [0.3, 0.4) is 0 Å². The Morgan fingerprint density at radius 2 is 2.33 bits per heavy atom. The van der Waals surface area contributed by atoms with Crippen LogP contribution in [0, 0.1) is 10.1 Å². The summed E-state index contributed by atoms with van der Waals surface area (Å²) in [5, 5.41) is 14.0. The zero-order valence-electron chi connectivity index (χ0n) is 9.86. The number of anilines is 1. The summed E-state index contributed by atoms with van der Waals surface area (Å²) in [4.78, 5) is 14.3. The van der Waals surface area contributed by atoms with Crippen LogP contribution in [0.25, 0.3) is 0 Å². The third kappa shape index (κ3) is 3.07. The van der Waals surface area contributed by atoms with Crippen LogP contribution in [0.2, 0.25) is 0 Å². The van der Waals surface area contributed by atoms with Crippen LogP contribution in [-0.4, -0.2) is 16.5 Å². The fourth-order valence-corrected chi connectivity index (χ4v) is 2.51. The van der Waals surface area contributed by atoms with E-state index < -0.39 is 4.92 Å². The Kier molecular flexibility index (Phi) is 4.30. The molecular weight excluding hydrogens is 298 g/mol. The van der Waals surface area contributed by atoms with Gasteiger partial charge in [-0.1, -0.05) is 11.6 Å². The summed E-state index contributed by atoms with van der Waals surface area (Å²) in [6.07, 6.45) is 9.57. The van der Waals surface area contributed by atoms with Crippen molar-refractivity contribution < 1.29 is 4.92 Å². The highest BCUT2D eigenvalue weighted by Crippen LogP contribution is 2.31. The van der Waals surface area contributed by atoms with E-state index in [4.69, 9.17) is 0 Å². The van der Waals surface area contributed by atoms with Crippen molar-refractivity contribution in [1.29, 1.82) is 0 Å². The van der Waals surface area contributed by atoms with Gasteiger partial charge in [-0.25, -0.2) is 0 Å². The molecule has 1 aliphatic carbocycles. The second-order valence-electron chi connectivity index (χ2n) is 4.20. The van der Waals surface area contributed by atoms with Crippen LogP contribution in [0.5, 0.6) is 0 Å². The number of hydrogen-bond donors (Lipinski definition) is 1. The Bertz CT molecular complexity index is 488. The lowest BCUT2D eigenvalue weighted by Gasteiger charge is -2.08. The maximum Gasteiger partial charge on any atom is 0.311 e. The van der Waals surface area contributed by atoms with Crippen molar-refractivity contribution in [3.8, 4) is 0 Å². The summed E-state index contributed by atoms with van der Waals surface area (Å²) < 4.78 is 0.622. The standard InChI is InChI=1S/C12H14BrN3O2/c13-10-7-14-8-11(16(17)18)12(10)15-6-5-9-3-1-2-4-9/h3,7-8H,1-2,4-6H2,(H,14,15). The molecule has 5 nitrogen and oxygen atoms in total. The highest BCUT2D eigenvalue weighted by atomic mass is 79.9. The van der Waals surface area contributed by atoms with Crippen molar-refractivity contribution in [3.05, 3.63) is 38.6 Å². The highest BCUT2D eigenvalue weighted by Gasteiger charge is 2.16. The molecule has 0 bridgehead atoms. The Balaban J connectivity index is 2.01. The smallest absolute Gasteiger partial charge is 0.311 e. The number of nitrogens with zero attached hydrogens (tertiary/aromatic N) is 2. The largest absolute Gasteiger partial charge is 0.378 e. The number of rotatable bonds is 5. The first-order chi connectivity index (χ1) is 8.68. The van der Waals surface area contributed by atoms with Gasteiger partial charge in [0.2, 0.25) is 0 Å². The van der Waals surface area contributed by atoms with E-state index in [1.807, 2.05) is 0 Å². The van der Waals surface area contributed by atoms with Crippen LogP contribution in [0.4, 0.5) is 11.4 Å². The van der Waals surface area contributed by atoms with Gasteiger partial charge in [0.25, 0.3) is 0 Å². The van der Waals surface area contributed by atoms with Gasteiger partial charge >= 0.3 is 5.69 Å². The summed E-state index contributed by atoms with van der Waals surface area (Å²) in [6, 6.07) is 0. The third-order valence-corrected chi connectivity index (χ3v) is 3.56. The van der Waals surface area contributed by atoms with Gasteiger partial charge in [0.05, 0.1) is 9.40 Å². The molecule has 0 fully saturated rings. The minimum Gasteiger partial charge on any atom is -0.378 e. The Hall–Kier alpha value is -1.43. The molecule has 1 aromatic heterocycles. The van der Waals surface area contributed by atoms with Crippen molar-refractivity contribution in [2.75, 3.05) is 11.9 Å². The van der Waals surface area contributed by atoms with E-state index in [0.717, 1.165) is 19.3 Å². The summed E-state index contributed by atoms with van der Waals surface area (Å²) in [6.45, 7) is 0.704. The summed E-state index contributed by atoms with van der Waals surface area (Å²) in [7, 11) is 0. The number of halogens is 1. The summed E-state index contributed by atoms with van der Waals surface area (Å²) in [5.74, 6) is 0. The lowest BCUT2D eigenvalue weighted by Crippen LogP contribution is -2.06. The van der Waals surface area contributed by atoms with Crippen LogP contribution < -0.4 is 5.32 Å². The predicted octanol–water partition coefficient (Wildman–Crippen LogP) is 3.66. The van der Waals surface area contributed by atoms with Gasteiger partial charge in [0.1, 0.15) is 11.9 Å². The normalized spacial score (nSPS) is 14.4. The van der Waals surface area contributed by atoms with Crippen LogP contribution >= 0.6 is 15.9 Å². The molecule has 0 spiro atoms.